The van der Waals surface area contributed by atoms with Crippen LogP contribution in [0.15, 0.2) is 54.1 Å². The summed E-state index contributed by atoms with van der Waals surface area (Å²) in [6.07, 6.45) is -4.81. The predicted octanol–water partition coefficient (Wildman–Crippen LogP) is 1.81. The van der Waals surface area contributed by atoms with Crippen molar-refractivity contribution in [3.63, 3.8) is 0 Å². The van der Waals surface area contributed by atoms with E-state index in [-0.39, 0.29) is 18.7 Å². The van der Waals surface area contributed by atoms with Crippen LogP contribution in [-0.2, 0) is 16.6 Å². The summed E-state index contributed by atoms with van der Waals surface area (Å²) in [5.41, 5.74) is 4.25. The molecule has 1 amide bonds. The number of rotatable bonds is 6. The maximum absolute atomic E-state index is 12.8. The Morgan fingerprint density at radius 2 is 1.81 bits per heavy atom. The molecular formula is C28H32N4O5. The number of aliphatic hydroxyl groups is 3. The first-order valence-corrected chi connectivity index (χ1v) is 12.0. The highest BCUT2D eigenvalue weighted by molar-refractivity contribution is 6.04. The average molecular weight is 505 g/mol. The van der Waals surface area contributed by atoms with E-state index in [0.717, 1.165) is 33.4 Å². The highest BCUT2D eigenvalue weighted by atomic mass is 16.5. The molecule has 37 heavy (non-hydrogen) atoms. The van der Waals surface area contributed by atoms with Gasteiger partial charge >= 0.3 is 0 Å². The van der Waals surface area contributed by atoms with Gasteiger partial charge in [-0.05, 0) is 59.2 Å². The van der Waals surface area contributed by atoms with Gasteiger partial charge in [-0.25, -0.2) is 0 Å². The van der Waals surface area contributed by atoms with E-state index in [2.05, 4.69) is 46.6 Å². The molecule has 0 radical (unpaired) electrons. The molecule has 0 saturated carbocycles. The van der Waals surface area contributed by atoms with Gasteiger partial charge in [0.15, 0.2) is 0 Å². The zero-order valence-corrected chi connectivity index (χ0v) is 21.3. The summed E-state index contributed by atoms with van der Waals surface area (Å²) < 4.78 is 7.27. The monoisotopic (exact) mass is 504 g/mol. The second-order valence-corrected chi connectivity index (χ2v) is 9.55. The van der Waals surface area contributed by atoms with E-state index in [0.29, 0.717) is 5.57 Å². The lowest BCUT2D eigenvalue weighted by molar-refractivity contribution is -0.185. The van der Waals surface area contributed by atoms with Crippen LogP contribution in [0.1, 0.15) is 12.6 Å². The molecule has 1 aliphatic rings. The highest BCUT2D eigenvalue weighted by Gasteiger charge is 2.37. The lowest BCUT2D eigenvalue weighted by Gasteiger charge is -2.35. The third-order valence-corrected chi connectivity index (χ3v) is 6.93. The van der Waals surface area contributed by atoms with Gasteiger partial charge < -0.3 is 34.8 Å². The molecule has 3 aromatic rings. The number of hydrogen-bond donors (Lipinski definition) is 4. The largest absolute Gasteiger partial charge is 0.388 e. The van der Waals surface area contributed by atoms with Gasteiger partial charge in [0.1, 0.15) is 36.1 Å². The Labute approximate surface area is 215 Å². The summed E-state index contributed by atoms with van der Waals surface area (Å²) >= 11 is 0. The Kier molecular flexibility index (Phi) is 7.66. The van der Waals surface area contributed by atoms with Gasteiger partial charge in [-0.3, -0.25) is 4.79 Å². The van der Waals surface area contributed by atoms with Crippen LogP contribution in [0, 0.1) is 11.3 Å². The van der Waals surface area contributed by atoms with Crippen molar-refractivity contribution in [2.24, 2.45) is 7.05 Å². The van der Waals surface area contributed by atoms with E-state index in [1.54, 1.807) is 6.92 Å². The Morgan fingerprint density at radius 1 is 1.11 bits per heavy atom. The second kappa shape index (κ2) is 10.7. The van der Waals surface area contributed by atoms with Crippen molar-refractivity contribution in [2.75, 3.05) is 32.1 Å². The molecule has 1 aromatic heterocycles. The van der Waals surface area contributed by atoms with E-state index in [1.165, 1.54) is 0 Å². The smallest absolute Gasteiger partial charge is 0.262 e. The van der Waals surface area contributed by atoms with Crippen LogP contribution in [0.2, 0.25) is 0 Å². The van der Waals surface area contributed by atoms with Gasteiger partial charge in [0.2, 0.25) is 0 Å². The third-order valence-electron chi connectivity index (χ3n) is 6.93. The molecule has 0 bridgehead atoms. The number of anilines is 1. The molecule has 2 heterocycles. The number of carbonyl (C=O) groups is 1. The number of nitrogens with one attached hydrogen (secondary N) is 1. The summed E-state index contributed by atoms with van der Waals surface area (Å²) in [6, 6.07) is 18.4. The van der Waals surface area contributed by atoms with Crippen molar-refractivity contribution < 1.29 is 24.9 Å². The molecule has 4 rings (SSSR count). The summed E-state index contributed by atoms with van der Waals surface area (Å²) in [7, 11) is 5.91. The molecule has 1 aliphatic heterocycles. The van der Waals surface area contributed by atoms with Crippen LogP contribution in [0.4, 0.5) is 5.69 Å². The first kappa shape index (κ1) is 26.4. The number of ether oxygens (including phenoxy) is 1. The molecule has 0 spiro atoms. The summed E-state index contributed by atoms with van der Waals surface area (Å²) in [6.45, 7) is 1.44. The fourth-order valence-electron chi connectivity index (χ4n) is 4.61. The van der Waals surface area contributed by atoms with Crippen LogP contribution < -0.4 is 10.2 Å². The lowest BCUT2D eigenvalue weighted by Crippen LogP contribution is -2.56. The maximum atomic E-state index is 12.8. The van der Waals surface area contributed by atoms with E-state index in [4.69, 9.17) is 4.74 Å². The Morgan fingerprint density at radius 3 is 2.51 bits per heavy atom. The summed E-state index contributed by atoms with van der Waals surface area (Å²) in [4.78, 5) is 14.9. The van der Waals surface area contributed by atoms with Crippen LogP contribution in [0.3, 0.4) is 0 Å². The number of benzene rings is 2. The van der Waals surface area contributed by atoms with Crippen LogP contribution in [-0.4, -0.2) is 77.5 Å². The number of nitriles is 1. The standard InChI is InChI=1S/C28H32N4O5/c1-16(21(13-29)28(36)30-14-25-27(35)26(34)24(33)15-37-25)22-9-10-23(32(22)4)19-6-5-18-12-20(31(2)3)8-7-17(18)11-19/h5-12,24-27,33-35H,14-15H2,1-4H3,(H,30,36). The van der Waals surface area contributed by atoms with Gasteiger partial charge in [-0.15, -0.1) is 0 Å². The summed E-state index contributed by atoms with van der Waals surface area (Å²) in [5, 5.41) is 44.1. The topological polar surface area (TPSA) is 131 Å². The van der Waals surface area contributed by atoms with Crippen LogP contribution >= 0.6 is 0 Å². The minimum absolute atomic E-state index is 0.0617. The molecule has 4 N–H and O–H groups in total. The maximum Gasteiger partial charge on any atom is 0.262 e. The van der Waals surface area contributed by atoms with Gasteiger partial charge in [0, 0.05) is 44.8 Å². The van der Waals surface area contributed by atoms with Crippen molar-refractivity contribution in [3.8, 4) is 17.3 Å². The molecule has 1 saturated heterocycles. The number of nitrogens with zero attached hydrogens (tertiary/aromatic N) is 3. The second-order valence-electron chi connectivity index (χ2n) is 9.55. The Balaban J connectivity index is 1.55. The molecule has 9 heteroatoms. The predicted molar refractivity (Wildman–Crippen MR) is 142 cm³/mol. The summed E-state index contributed by atoms with van der Waals surface area (Å²) in [5.74, 6) is -0.610. The van der Waals surface area contributed by atoms with Crippen molar-refractivity contribution >= 4 is 27.9 Å². The highest BCUT2D eigenvalue weighted by Crippen LogP contribution is 2.30. The number of amides is 1. The van der Waals surface area contributed by atoms with Crippen LogP contribution in [0.25, 0.3) is 27.6 Å². The first-order valence-electron chi connectivity index (χ1n) is 12.0. The lowest BCUT2D eigenvalue weighted by atomic mass is 10.00. The number of hydrogen-bond acceptors (Lipinski definition) is 7. The van der Waals surface area contributed by atoms with E-state index >= 15 is 0 Å². The molecule has 2 aromatic carbocycles. The average Bonchev–Trinajstić information content (AvgIpc) is 3.27. The van der Waals surface area contributed by atoms with E-state index in [1.807, 2.05) is 43.9 Å². The van der Waals surface area contributed by atoms with Crippen molar-refractivity contribution in [2.45, 2.75) is 31.3 Å². The van der Waals surface area contributed by atoms with E-state index in [9.17, 15) is 25.4 Å². The van der Waals surface area contributed by atoms with Crippen molar-refractivity contribution in [1.82, 2.24) is 9.88 Å². The zero-order valence-electron chi connectivity index (χ0n) is 21.3. The van der Waals surface area contributed by atoms with Crippen LogP contribution in [0.5, 0.6) is 0 Å². The van der Waals surface area contributed by atoms with Gasteiger partial charge in [0.05, 0.1) is 6.61 Å². The van der Waals surface area contributed by atoms with Gasteiger partial charge in [-0.2, -0.15) is 5.26 Å². The quantitative estimate of drug-likeness (QED) is 0.297. The molecule has 4 unspecified atom stereocenters. The van der Waals surface area contributed by atoms with Gasteiger partial charge in [-0.1, -0.05) is 18.2 Å². The fourth-order valence-corrected chi connectivity index (χ4v) is 4.61. The van der Waals surface area contributed by atoms with Crippen molar-refractivity contribution in [3.05, 3.63) is 59.8 Å². The minimum atomic E-state index is -1.37. The number of carbonyl (C=O) groups excluding carboxylic acids is 1. The Hall–Kier alpha value is -3.68. The third kappa shape index (κ3) is 5.24. The molecule has 9 nitrogen and oxygen atoms in total. The number of aromatic nitrogens is 1. The SMILES string of the molecule is CC(=C(C#N)C(=O)NCC1OCC(O)C(O)C1O)c1ccc(-c2ccc3cc(N(C)C)ccc3c2)n1C. The zero-order chi connectivity index (χ0) is 26.9. The van der Waals surface area contributed by atoms with Gasteiger partial charge in [0.25, 0.3) is 5.91 Å². The molecule has 194 valence electrons. The van der Waals surface area contributed by atoms with E-state index < -0.39 is 30.3 Å². The van der Waals surface area contributed by atoms with Crippen molar-refractivity contribution in [1.29, 1.82) is 5.26 Å². The minimum Gasteiger partial charge on any atom is -0.388 e. The molecule has 4 atom stereocenters. The fraction of sp³-hybridized carbons (Fsp3) is 0.357. The molecule has 1 fully saturated rings. The number of aliphatic hydroxyl groups excluding tert-OH is 3. The molecular weight excluding hydrogens is 472 g/mol. The normalized spacial score (nSPS) is 22.3. The first-order chi connectivity index (χ1) is 17.6. The molecule has 0 aliphatic carbocycles. The Bertz CT molecular complexity index is 1390. The number of fused-ring (bicyclic) bond motifs is 1. The number of allylic oxidation sites excluding steroid dienone is 1.